The van der Waals surface area contributed by atoms with Crippen LogP contribution in [0.15, 0.2) is 0 Å². The summed E-state index contributed by atoms with van der Waals surface area (Å²) < 4.78 is 74.8. The summed E-state index contributed by atoms with van der Waals surface area (Å²) in [5.74, 6) is -5.90. The van der Waals surface area contributed by atoms with Crippen LogP contribution in [-0.4, -0.2) is 38.6 Å². The van der Waals surface area contributed by atoms with Gasteiger partial charge in [0.05, 0.1) is 0 Å². The van der Waals surface area contributed by atoms with Crippen molar-refractivity contribution >= 4 is 22.5 Å². The zero-order chi connectivity index (χ0) is 9.50. The van der Waals surface area contributed by atoms with Crippen molar-refractivity contribution in [3.05, 3.63) is 0 Å². The summed E-state index contributed by atoms with van der Waals surface area (Å²) in [6, 6.07) is 0. The molecule has 0 nitrogen and oxygen atoms in total. The van der Waals surface area contributed by atoms with E-state index < -0.39 is 38.6 Å². The van der Waals surface area contributed by atoms with Crippen molar-refractivity contribution in [2.45, 2.75) is 16.0 Å². The van der Waals surface area contributed by atoms with Gasteiger partial charge in [-0.05, 0) is 0 Å². The Hall–Kier alpha value is 0.309. The molecular formula is C3HF7Sn. The second-order valence-corrected chi connectivity index (χ2v) is 3.76. The third-order valence-electron chi connectivity index (χ3n) is 0.775. The van der Waals surface area contributed by atoms with Gasteiger partial charge in [0.15, 0.2) is 0 Å². The molecule has 0 amide bonds. The van der Waals surface area contributed by atoms with Gasteiger partial charge in [-0.15, -0.1) is 0 Å². The first-order valence-electron chi connectivity index (χ1n) is 2.11. The zero-order valence-electron chi connectivity index (χ0n) is 4.72. The van der Waals surface area contributed by atoms with Crippen molar-refractivity contribution < 1.29 is 30.7 Å². The average molecular weight is 289 g/mol. The Bertz CT molecular complexity index is 125. The van der Waals surface area contributed by atoms with Crippen LogP contribution in [0.2, 0.25) is 0 Å². The molecule has 0 aromatic rings. The summed E-state index contributed by atoms with van der Waals surface area (Å²) in [5.41, 5.74) is 0. The van der Waals surface area contributed by atoms with E-state index in [0.717, 1.165) is 0 Å². The molecule has 0 saturated heterocycles. The third-order valence-corrected chi connectivity index (χ3v) is 1.81. The van der Waals surface area contributed by atoms with E-state index >= 15 is 0 Å². The van der Waals surface area contributed by atoms with Gasteiger partial charge in [-0.2, -0.15) is 0 Å². The molecule has 66 valence electrons. The molecule has 0 N–H and O–H groups in total. The summed E-state index contributed by atoms with van der Waals surface area (Å²) in [4.78, 5) is 0. The van der Waals surface area contributed by atoms with Crippen molar-refractivity contribution in [2.75, 3.05) is 0 Å². The van der Waals surface area contributed by atoms with E-state index in [1.807, 2.05) is 0 Å². The molecule has 0 fully saturated rings. The standard InChI is InChI=1S/C3F7.Sn.H/c4-1(5)2(6,7)3(8,9)10;;. The Kier molecular flexibility index (Phi) is 2.74. The van der Waals surface area contributed by atoms with Gasteiger partial charge in [-0.3, -0.25) is 0 Å². The van der Waals surface area contributed by atoms with Crippen molar-refractivity contribution in [3.63, 3.8) is 0 Å². The fraction of sp³-hybridized carbons (Fsp3) is 1.00. The zero-order valence-corrected chi connectivity index (χ0v) is 8.02. The molecule has 0 aliphatic heterocycles. The fourth-order valence-corrected chi connectivity index (χ4v) is 0.656. The molecule has 0 spiro atoms. The van der Waals surface area contributed by atoms with Crippen LogP contribution >= 0.6 is 0 Å². The first-order valence-corrected chi connectivity index (χ1v) is 3.76. The maximum absolute atomic E-state index is 11.6. The summed E-state index contributed by atoms with van der Waals surface area (Å²) in [6.45, 7) is 0. The van der Waals surface area contributed by atoms with E-state index in [-0.39, 0.29) is 0 Å². The van der Waals surface area contributed by atoms with Crippen LogP contribution < -0.4 is 0 Å². The minimum atomic E-state index is -6.17. The van der Waals surface area contributed by atoms with Crippen LogP contribution in [0.4, 0.5) is 30.7 Å². The van der Waals surface area contributed by atoms with Gasteiger partial charge >= 0.3 is 69.3 Å². The van der Waals surface area contributed by atoms with Crippen LogP contribution in [0.5, 0.6) is 0 Å². The molecule has 0 heterocycles. The van der Waals surface area contributed by atoms with Crippen LogP contribution in [0.1, 0.15) is 0 Å². The first-order chi connectivity index (χ1) is 4.50. The van der Waals surface area contributed by atoms with E-state index in [2.05, 4.69) is 0 Å². The van der Waals surface area contributed by atoms with E-state index in [9.17, 15) is 30.7 Å². The van der Waals surface area contributed by atoms with Gasteiger partial charge in [0.2, 0.25) is 0 Å². The molecule has 2 radical (unpaired) electrons. The number of halogens is 7. The van der Waals surface area contributed by atoms with Gasteiger partial charge in [0, 0.05) is 0 Å². The van der Waals surface area contributed by atoms with E-state index in [1.54, 1.807) is 0 Å². The van der Waals surface area contributed by atoms with Crippen molar-refractivity contribution in [1.29, 1.82) is 0 Å². The number of hydrogen-bond acceptors (Lipinski definition) is 0. The summed E-state index contributed by atoms with van der Waals surface area (Å²) in [7, 11) is 0. The van der Waals surface area contributed by atoms with Crippen LogP contribution in [-0.2, 0) is 0 Å². The topological polar surface area (TPSA) is 0 Å². The second kappa shape index (κ2) is 2.66. The molecule has 0 aromatic carbocycles. The van der Waals surface area contributed by atoms with Gasteiger partial charge in [0.1, 0.15) is 0 Å². The summed E-state index contributed by atoms with van der Waals surface area (Å²) in [5, 5.41) is 0. The maximum atomic E-state index is 11.6. The van der Waals surface area contributed by atoms with Gasteiger partial charge in [-0.1, -0.05) is 0 Å². The molecule has 0 bridgehead atoms. The quantitative estimate of drug-likeness (QED) is 0.509. The van der Waals surface area contributed by atoms with Crippen LogP contribution in [0.3, 0.4) is 0 Å². The monoisotopic (exact) mass is 290 g/mol. The third kappa shape index (κ3) is 2.12. The molecule has 0 unspecified atom stereocenters. The molecule has 0 saturated carbocycles. The van der Waals surface area contributed by atoms with E-state index in [0.29, 0.717) is 0 Å². The van der Waals surface area contributed by atoms with E-state index in [1.165, 1.54) is 0 Å². The minimum absolute atomic E-state index is 1.47. The summed E-state index contributed by atoms with van der Waals surface area (Å²) >= 11 is -1.47. The average Bonchev–Trinajstić information content (AvgIpc) is 1.58. The SMILES string of the molecule is FC(F)(F)C(F)(F)[C](F)(F)[SnH]. The molecular weight excluding hydrogens is 288 g/mol. The first kappa shape index (κ1) is 11.3. The number of rotatable bonds is 1. The molecule has 0 aromatic heterocycles. The predicted octanol–water partition coefficient (Wildman–Crippen LogP) is 1.68. The van der Waals surface area contributed by atoms with E-state index in [4.69, 9.17) is 0 Å². The molecule has 0 atom stereocenters. The van der Waals surface area contributed by atoms with Crippen LogP contribution in [0, 0.1) is 0 Å². The molecule has 0 aliphatic carbocycles. The number of alkyl halides is 7. The molecule has 8 heteroatoms. The molecule has 0 rings (SSSR count). The Morgan fingerprint density at radius 1 is 0.727 bits per heavy atom. The van der Waals surface area contributed by atoms with Crippen molar-refractivity contribution in [1.82, 2.24) is 0 Å². The Morgan fingerprint density at radius 2 is 1.00 bits per heavy atom. The van der Waals surface area contributed by atoms with Crippen molar-refractivity contribution in [3.8, 4) is 0 Å². The second-order valence-electron chi connectivity index (χ2n) is 1.70. The normalized spacial score (nSPS) is 15.3. The molecule has 11 heavy (non-hydrogen) atoms. The van der Waals surface area contributed by atoms with Gasteiger partial charge < -0.3 is 0 Å². The summed E-state index contributed by atoms with van der Waals surface area (Å²) in [6.07, 6.45) is -6.17. The predicted molar refractivity (Wildman–Crippen MR) is 23.1 cm³/mol. The Morgan fingerprint density at radius 3 is 1.00 bits per heavy atom. The van der Waals surface area contributed by atoms with Crippen molar-refractivity contribution in [2.24, 2.45) is 0 Å². The fourth-order valence-electron chi connectivity index (χ4n) is 0.189. The number of hydrogen-bond donors (Lipinski definition) is 0. The van der Waals surface area contributed by atoms with Gasteiger partial charge in [0.25, 0.3) is 0 Å². The Balaban J connectivity index is 4.75. The van der Waals surface area contributed by atoms with Gasteiger partial charge in [-0.25, -0.2) is 0 Å². The molecule has 0 aliphatic rings. The Labute approximate surface area is 69.8 Å². The van der Waals surface area contributed by atoms with Crippen LogP contribution in [0.25, 0.3) is 0 Å².